The first-order chi connectivity index (χ1) is 9.63. The highest BCUT2D eigenvalue weighted by atomic mass is 32.1. The summed E-state index contributed by atoms with van der Waals surface area (Å²) in [4.78, 5) is 11.0. The molecule has 0 aliphatic carbocycles. The first-order valence-electron chi connectivity index (χ1n) is 7.70. The van der Waals surface area contributed by atoms with E-state index in [2.05, 4.69) is 33.9 Å². The molecule has 0 bridgehead atoms. The molecule has 0 spiro atoms. The van der Waals surface area contributed by atoms with Gasteiger partial charge >= 0.3 is 0 Å². The first-order valence-corrected chi connectivity index (χ1v) is 8.51. The Labute approximate surface area is 126 Å². The maximum absolute atomic E-state index is 4.35. The molecule has 2 aliphatic heterocycles. The van der Waals surface area contributed by atoms with Crippen molar-refractivity contribution in [2.24, 2.45) is 5.41 Å². The molecule has 5 heteroatoms. The molecule has 20 heavy (non-hydrogen) atoms. The summed E-state index contributed by atoms with van der Waals surface area (Å²) < 4.78 is 0. The van der Waals surface area contributed by atoms with Gasteiger partial charge in [-0.25, -0.2) is 4.98 Å². The number of nitrogens with zero attached hydrogens (tertiary/aromatic N) is 3. The Morgan fingerprint density at radius 1 is 1.30 bits per heavy atom. The predicted molar refractivity (Wildman–Crippen MR) is 84.2 cm³/mol. The largest absolute Gasteiger partial charge is 0.316 e. The number of aryl methyl sites for hydroxylation is 1. The molecule has 1 unspecified atom stereocenters. The van der Waals surface area contributed by atoms with Crippen LogP contribution in [0.3, 0.4) is 0 Å². The van der Waals surface area contributed by atoms with Crippen molar-refractivity contribution in [1.82, 2.24) is 20.1 Å². The van der Waals surface area contributed by atoms with Gasteiger partial charge in [0.15, 0.2) is 0 Å². The summed E-state index contributed by atoms with van der Waals surface area (Å²) in [6, 6.07) is 0. The lowest BCUT2D eigenvalue weighted by Gasteiger charge is -2.38. The second-order valence-corrected chi connectivity index (χ2v) is 7.95. The van der Waals surface area contributed by atoms with Crippen LogP contribution in [0.2, 0.25) is 0 Å². The Bertz CT molecular complexity index is 431. The van der Waals surface area contributed by atoms with Crippen molar-refractivity contribution in [2.45, 2.75) is 26.8 Å². The molecule has 1 N–H and O–H groups in total. The summed E-state index contributed by atoms with van der Waals surface area (Å²) in [5, 5.41) is 4.68. The molecule has 3 rings (SSSR count). The van der Waals surface area contributed by atoms with Crippen molar-refractivity contribution >= 4 is 11.3 Å². The minimum absolute atomic E-state index is 0.497. The maximum atomic E-state index is 4.35. The summed E-state index contributed by atoms with van der Waals surface area (Å²) in [6.07, 6.45) is 3.37. The lowest BCUT2D eigenvalue weighted by molar-refractivity contribution is 0.0938. The normalized spacial score (nSPS) is 29.1. The monoisotopic (exact) mass is 294 g/mol. The summed E-state index contributed by atoms with van der Waals surface area (Å²) in [5.74, 6) is 0. The van der Waals surface area contributed by atoms with Gasteiger partial charge in [0, 0.05) is 56.9 Å². The second-order valence-electron chi connectivity index (χ2n) is 6.64. The van der Waals surface area contributed by atoms with Gasteiger partial charge in [0.2, 0.25) is 0 Å². The van der Waals surface area contributed by atoms with E-state index < -0.39 is 0 Å². The fourth-order valence-corrected chi connectivity index (χ4v) is 4.19. The third-order valence-electron chi connectivity index (χ3n) is 4.58. The molecule has 0 radical (unpaired) electrons. The molecule has 2 aliphatic rings. The van der Waals surface area contributed by atoms with Crippen LogP contribution in [-0.4, -0.2) is 60.6 Å². The average Bonchev–Trinajstić information content (AvgIpc) is 3.01. The van der Waals surface area contributed by atoms with Gasteiger partial charge < -0.3 is 10.2 Å². The molecule has 2 fully saturated rings. The highest BCUT2D eigenvalue weighted by Crippen LogP contribution is 2.26. The van der Waals surface area contributed by atoms with Crippen LogP contribution in [-0.2, 0) is 6.54 Å². The van der Waals surface area contributed by atoms with Crippen LogP contribution < -0.4 is 5.32 Å². The van der Waals surface area contributed by atoms with E-state index in [9.17, 15) is 0 Å². The molecule has 0 saturated carbocycles. The van der Waals surface area contributed by atoms with Crippen LogP contribution in [0.1, 0.15) is 23.2 Å². The van der Waals surface area contributed by atoms with Gasteiger partial charge in [-0.05, 0) is 25.3 Å². The molecule has 0 amide bonds. The highest BCUT2D eigenvalue weighted by Gasteiger charge is 2.31. The van der Waals surface area contributed by atoms with Crippen molar-refractivity contribution in [1.29, 1.82) is 0 Å². The number of nitrogens with one attached hydrogen (secondary N) is 1. The molecule has 112 valence electrons. The topological polar surface area (TPSA) is 31.4 Å². The Kier molecular flexibility index (Phi) is 4.40. The SMILES string of the molecule is Cc1ncc(CN2CCN(CC3(C)CCNC3)CC2)s1. The van der Waals surface area contributed by atoms with E-state index in [4.69, 9.17) is 0 Å². The molecule has 1 aromatic rings. The van der Waals surface area contributed by atoms with Gasteiger partial charge in [-0.2, -0.15) is 0 Å². The fraction of sp³-hybridized carbons (Fsp3) is 0.800. The van der Waals surface area contributed by atoms with Gasteiger partial charge in [0.1, 0.15) is 0 Å². The zero-order valence-corrected chi connectivity index (χ0v) is 13.5. The predicted octanol–water partition coefficient (Wildman–Crippen LogP) is 1.57. The van der Waals surface area contributed by atoms with E-state index in [1.165, 1.54) is 62.1 Å². The molecule has 4 nitrogen and oxygen atoms in total. The zero-order valence-electron chi connectivity index (χ0n) is 12.7. The Hall–Kier alpha value is -0.490. The third kappa shape index (κ3) is 3.58. The lowest BCUT2D eigenvalue weighted by atomic mass is 9.89. The molecule has 2 saturated heterocycles. The van der Waals surface area contributed by atoms with Crippen LogP contribution in [0.15, 0.2) is 6.20 Å². The van der Waals surface area contributed by atoms with E-state index in [0.29, 0.717) is 5.41 Å². The van der Waals surface area contributed by atoms with Crippen molar-refractivity contribution in [2.75, 3.05) is 45.8 Å². The van der Waals surface area contributed by atoms with Gasteiger partial charge in [-0.15, -0.1) is 11.3 Å². The summed E-state index contributed by atoms with van der Waals surface area (Å²) in [7, 11) is 0. The van der Waals surface area contributed by atoms with E-state index in [-0.39, 0.29) is 0 Å². The molecular formula is C15H26N4S. The van der Waals surface area contributed by atoms with Crippen LogP contribution in [0.5, 0.6) is 0 Å². The quantitative estimate of drug-likeness (QED) is 0.913. The lowest BCUT2D eigenvalue weighted by Crippen LogP contribution is -2.49. The number of aromatic nitrogens is 1. The highest BCUT2D eigenvalue weighted by molar-refractivity contribution is 7.11. The van der Waals surface area contributed by atoms with Crippen LogP contribution in [0.4, 0.5) is 0 Å². The van der Waals surface area contributed by atoms with E-state index in [1.807, 2.05) is 17.5 Å². The van der Waals surface area contributed by atoms with E-state index >= 15 is 0 Å². The Morgan fingerprint density at radius 3 is 2.65 bits per heavy atom. The molecular weight excluding hydrogens is 268 g/mol. The van der Waals surface area contributed by atoms with E-state index in [1.54, 1.807) is 0 Å². The van der Waals surface area contributed by atoms with Crippen LogP contribution >= 0.6 is 11.3 Å². The fourth-order valence-electron chi connectivity index (χ4n) is 3.35. The van der Waals surface area contributed by atoms with Crippen molar-refractivity contribution in [3.05, 3.63) is 16.1 Å². The van der Waals surface area contributed by atoms with Gasteiger partial charge in [-0.1, -0.05) is 6.92 Å². The zero-order chi connectivity index (χ0) is 14.0. The number of thiazole rings is 1. The minimum Gasteiger partial charge on any atom is -0.316 e. The number of rotatable bonds is 4. The molecule has 3 heterocycles. The summed E-state index contributed by atoms with van der Waals surface area (Å²) >= 11 is 1.83. The maximum Gasteiger partial charge on any atom is 0.0897 e. The average molecular weight is 294 g/mol. The molecule has 1 aromatic heterocycles. The molecule has 0 aromatic carbocycles. The van der Waals surface area contributed by atoms with Crippen molar-refractivity contribution in [3.8, 4) is 0 Å². The Balaban J connectivity index is 1.45. The number of hydrogen-bond donors (Lipinski definition) is 1. The van der Waals surface area contributed by atoms with Gasteiger partial charge in [-0.3, -0.25) is 4.90 Å². The minimum atomic E-state index is 0.497. The van der Waals surface area contributed by atoms with Crippen molar-refractivity contribution in [3.63, 3.8) is 0 Å². The second kappa shape index (κ2) is 6.10. The standard InChI is InChI=1S/C15H26N4S/c1-13-17-9-14(20-13)10-18-5-7-19(8-6-18)12-15(2)3-4-16-11-15/h9,16H,3-8,10-12H2,1-2H3. The van der Waals surface area contributed by atoms with Crippen LogP contribution in [0.25, 0.3) is 0 Å². The smallest absolute Gasteiger partial charge is 0.0897 e. The number of piperazine rings is 1. The van der Waals surface area contributed by atoms with Crippen LogP contribution in [0, 0.1) is 12.3 Å². The summed E-state index contributed by atoms with van der Waals surface area (Å²) in [6.45, 7) is 14.1. The van der Waals surface area contributed by atoms with Gasteiger partial charge in [0.25, 0.3) is 0 Å². The van der Waals surface area contributed by atoms with Gasteiger partial charge in [0.05, 0.1) is 5.01 Å². The third-order valence-corrected chi connectivity index (χ3v) is 5.47. The molecule has 1 atom stereocenters. The first kappa shape index (κ1) is 14.4. The number of hydrogen-bond acceptors (Lipinski definition) is 5. The van der Waals surface area contributed by atoms with E-state index in [0.717, 1.165) is 6.54 Å². The van der Waals surface area contributed by atoms with Crippen molar-refractivity contribution < 1.29 is 0 Å². The summed E-state index contributed by atoms with van der Waals surface area (Å²) in [5.41, 5.74) is 0.497. The Morgan fingerprint density at radius 2 is 2.05 bits per heavy atom.